The van der Waals surface area contributed by atoms with E-state index in [2.05, 4.69) is 26.8 Å². The number of rotatable bonds is 2. The summed E-state index contributed by atoms with van der Waals surface area (Å²) in [5, 5.41) is 0. The molecule has 0 atom stereocenters. The number of nitrogens with zero attached hydrogens (tertiary/aromatic N) is 2. The van der Waals surface area contributed by atoms with E-state index < -0.39 is 0 Å². The molecule has 0 spiro atoms. The van der Waals surface area contributed by atoms with Gasteiger partial charge in [-0.3, -0.25) is 9.69 Å². The molecule has 5 heteroatoms. The first-order valence-corrected chi connectivity index (χ1v) is 6.81. The second-order valence-electron chi connectivity index (χ2n) is 4.40. The molecular formula is C14H14BrFN2O. The van der Waals surface area contributed by atoms with Gasteiger partial charge in [-0.2, -0.15) is 0 Å². The first kappa shape index (κ1) is 14.0. The number of piperazine rings is 1. The van der Waals surface area contributed by atoms with Crippen LogP contribution in [0.4, 0.5) is 4.39 Å². The average Bonchev–Trinajstić information content (AvgIpc) is 2.39. The highest BCUT2D eigenvalue weighted by Gasteiger charge is 2.23. The molecule has 1 heterocycles. The number of benzene rings is 1. The van der Waals surface area contributed by atoms with Crippen LogP contribution in [-0.2, 0) is 0 Å². The molecule has 0 aliphatic carbocycles. The maximum Gasteiger partial charge on any atom is 0.255 e. The van der Waals surface area contributed by atoms with E-state index in [4.69, 9.17) is 6.42 Å². The van der Waals surface area contributed by atoms with Gasteiger partial charge in [0.2, 0.25) is 0 Å². The van der Waals surface area contributed by atoms with Crippen molar-refractivity contribution in [3.8, 4) is 12.3 Å². The van der Waals surface area contributed by atoms with E-state index in [1.165, 1.54) is 18.2 Å². The lowest BCUT2D eigenvalue weighted by Gasteiger charge is -2.33. The number of terminal acetylenes is 1. The maximum atomic E-state index is 13.0. The summed E-state index contributed by atoms with van der Waals surface area (Å²) < 4.78 is 13.5. The average molecular weight is 325 g/mol. The lowest BCUT2D eigenvalue weighted by Crippen LogP contribution is -2.48. The molecule has 0 saturated carbocycles. The summed E-state index contributed by atoms with van der Waals surface area (Å²) in [6.45, 7) is 3.44. The third-order valence-corrected chi connectivity index (χ3v) is 3.79. The largest absolute Gasteiger partial charge is 0.336 e. The number of carbonyl (C=O) groups excluding carboxylic acids is 1. The molecule has 100 valence electrons. The minimum absolute atomic E-state index is 0.0766. The molecule has 1 amide bonds. The Bertz CT molecular complexity index is 519. The van der Waals surface area contributed by atoms with Crippen LogP contribution in [0.25, 0.3) is 0 Å². The van der Waals surface area contributed by atoms with Crippen LogP contribution >= 0.6 is 15.9 Å². The fourth-order valence-electron chi connectivity index (χ4n) is 2.07. The minimum atomic E-state index is -0.359. The summed E-state index contributed by atoms with van der Waals surface area (Å²) in [5.41, 5.74) is 0.492. The van der Waals surface area contributed by atoms with Crippen LogP contribution < -0.4 is 0 Å². The van der Waals surface area contributed by atoms with Gasteiger partial charge in [0.15, 0.2) is 0 Å². The Morgan fingerprint density at radius 1 is 1.37 bits per heavy atom. The monoisotopic (exact) mass is 324 g/mol. The summed E-state index contributed by atoms with van der Waals surface area (Å²) in [6, 6.07) is 4.12. The van der Waals surface area contributed by atoms with E-state index in [1.807, 2.05) is 0 Å². The molecule has 0 bridgehead atoms. The number of hydrogen-bond acceptors (Lipinski definition) is 2. The SMILES string of the molecule is C#CCN1CCN(C(=O)c2ccc(F)cc2Br)CC1. The molecule has 1 aliphatic heterocycles. The van der Waals surface area contributed by atoms with Crippen LogP contribution in [0.1, 0.15) is 10.4 Å². The summed E-state index contributed by atoms with van der Waals surface area (Å²) in [4.78, 5) is 16.2. The quantitative estimate of drug-likeness (QED) is 0.777. The fourth-order valence-corrected chi connectivity index (χ4v) is 2.59. The summed E-state index contributed by atoms with van der Waals surface area (Å²) >= 11 is 3.23. The predicted octanol–water partition coefficient (Wildman–Crippen LogP) is 1.98. The molecule has 3 nitrogen and oxygen atoms in total. The molecule has 1 fully saturated rings. The topological polar surface area (TPSA) is 23.6 Å². The van der Waals surface area contributed by atoms with Crippen molar-refractivity contribution in [2.24, 2.45) is 0 Å². The normalized spacial score (nSPS) is 16.2. The van der Waals surface area contributed by atoms with Crippen LogP contribution in [0.15, 0.2) is 22.7 Å². The van der Waals surface area contributed by atoms with Gasteiger partial charge in [-0.25, -0.2) is 4.39 Å². The number of carbonyl (C=O) groups is 1. The Balaban J connectivity index is 2.03. The minimum Gasteiger partial charge on any atom is -0.336 e. The van der Waals surface area contributed by atoms with Gasteiger partial charge < -0.3 is 4.90 Å². The maximum absolute atomic E-state index is 13.0. The van der Waals surface area contributed by atoms with Crippen LogP contribution in [-0.4, -0.2) is 48.4 Å². The third kappa shape index (κ3) is 3.34. The molecule has 19 heavy (non-hydrogen) atoms. The van der Waals surface area contributed by atoms with Gasteiger partial charge in [-0.1, -0.05) is 5.92 Å². The highest BCUT2D eigenvalue weighted by atomic mass is 79.9. The van der Waals surface area contributed by atoms with Crippen molar-refractivity contribution in [1.82, 2.24) is 9.80 Å². The molecule has 0 unspecified atom stereocenters. The molecule has 0 aromatic heterocycles. The highest BCUT2D eigenvalue weighted by molar-refractivity contribution is 9.10. The number of amides is 1. The van der Waals surface area contributed by atoms with Gasteiger partial charge in [-0.05, 0) is 34.1 Å². The van der Waals surface area contributed by atoms with Crippen LogP contribution in [0.5, 0.6) is 0 Å². The van der Waals surface area contributed by atoms with Crippen molar-refractivity contribution >= 4 is 21.8 Å². The van der Waals surface area contributed by atoms with Crippen molar-refractivity contribution in [1.29, 1.82) is 0 Å². The van der Waals surface area contributed by atoms with Crippen molar-refractivity contribution < 1.29 is 9.18 Å². The second-order valence-corrected chi connectivity index (χ2v) is 5.25. The zero-order chi connectivity index (χ0) is 13.8. The van der Waals surface area contributed by atoms with Crippen LogP contribution in [0.3, 0.4) is 0 Å². The zero-order valence-corrected chi connectivity index (χ0v) is 12.0. The second kappa shape index (κ2) is 6.18. The van der Waals surface area contributed by atoms with Crippen molar-refractivity contribution in [3.63, 3.8) is 0 Å². The number of halogens is 2. The summed E-state index contributed by atoms with van der Waals surface area (Å²) in [7, 11) is 0. The van der Waals surface area contributed by atoms with E-state index in [-0.39, 0.29) is 11.7 Å². The van der Waals surface area contributed by atoms with Crippen molar-refractivity contribution in [2.45, 2.75) is 0 Å². The molecular weight excluding hydrogens is 311 g/mol. The van der Waals surface area contributed by atoms with E-state index >= 15 is 0 Å². The lowest BCUT2D eigenvalue weighted by molar-refractivity contribution is 0.0651. The van der Waals surface area contributed by atoms with Gasteiger partial charge in [0.1, 0.15) is 5.82 Å². The van der Waals surface area contributed by atoms with Gasteiger partial charge in [0.25, 0.3) is 5.91 Å². The summed E-state index contributed by atoms with van der Waals surface area (Å²) in [6.07, 6.45) is 5.26. The third-order valence-electron chi connectivity index (χ3n) is 3.14. The Kier molecular flexibility index (Phi) is 4.56. The van der Waals surface area contributed by atoms with Crippen LogP contribution in [0.2, 0.25) is 0 Å². The van der Waals surface area contributed by atoms with E-state index in [0.717, 1.165) is 13.1 Å². The first-order valence-electron chi connectivity index (χ1n) is 6.02. The summed E-state index contributed by atoms with van der Waals surface area (Å²) in [5.74, 6) is 2.17. The van der Waals surface area contributed by atoms with Crippen molar-refractivity contribution in [3.05, 3.63) is 34.1 Å². The van der Waals surface area contributed by atoms with E-state index in [9.17, 15) is 9.18 Å². The molecule has 2 rings (SSSR count). The van der Waals surface area contributed by atoms with Gasteiger partial charge in [0, 0.05) is 30.7 Å². The Morgan fingerprint density at radius 2 is 2.05 bits per heavy atom. The van der Waals surface area contributed by atoms with Gasteiger partial charge in [0.05, 0.1) is 12.1 Å². The van der Waals surface area contributed by atoms with Crippen molar-refractivity contribution in [2.75, 3.05) is 32.7 Å². The van der Waals surface area contributed by atoms with Crippen LogP contribution in [0, 0.1) is 18.2 Å². The van der Waals surface area contributed by atoms with E-state index in [0.29, 0.717) is 29.7 Å². The molecule has 1 aromatic carbocycles. The predicted molar refractivity (Wildman–Crippen MR) is 75.3 cm³/mol. The van der Waals surface area contributed by atoms with E-state index in [1.54, 1.807) is 4.90 Å². The fraction of sp³-hybridized carbons (Fsp3) is 0.357. The molecule has 1 aromatic rings. The van der Waals surface area contributed by atoms with Gasteiger partial charge >= 0.3 is 0 Å². The molecule has 0 radical (unpaired) electrons. The molecule has 0 N–H and O–H groups in total. The Labute approximate surface area is 120 Å². The smallest absolute Gasteiger partial charge is 0.255 e. The zero-order valence-electron chi connectivity index (χ0n) is 10.4. The van der Waals surface area contributed by atoms with Gasteiger partial charge in [-0.15, -0.1) is 6.42 Å². The Morgan fingerprint density at radius 3 is 2.63 bits per heavy atom. The first-order chi connectivity index (χ1) is 9.11. The Hall–Kier alpha value is -1.38. The molecule has 1 saturated heterocycles. The highest BCUT2D eigenvalue weighted by Crippen LogP contribution is 2.20. The number of hydrogen-bond donors (Lipinski definition) is 0. The standard InChI is InChI=1S/C14H14BrFN2O/c1-2-5-17-6-8-18(9-7-17)14(19)12-4-3-11(16)10-13(12)15/h1,3-4,10H,5-9H2. The lowest BCUT2D eigenvalue weighted by atomic mass is 10.1. The molecule has 1 aliphatic rings.